The monoisotopic (exact) mass is 474 g/mol. The third-order valence-corrected chi connectivity index (χ3v) is 7.94. The largest absolute Gasteiger partial charge is 0.300 e. The van der Waals surface area contributed by atoms with Crippen molar-refractivity contribution in [1.29, 1.82) is 0 Å². The highest BCUT2D eigenvalue weighted by atomic mass is 16.1. The van der Waals surface area contributed by atoms with Crippen LogP contribution in [0.1, 0.15) is 98.8 Å². The Hall–Kier alpha value is -2.55. The topological polar surface area (TPSA) is 51.2 Å². The number of rotatable bonds is 11. The van der Waals surface area contributed by atoms with E-state index in [4.69, 9.17) is 0 Å². The summed E-state index contributed by atoms with van der Waals surface area (Å²) in [6, 6.07) is 10.9. The molecule has 1 aliphatic rings. The van der Waals surface area contributed by atoms with E-state index in [2.05, 4.69) is 58.0 Å². The number of ketones is 3. The van der Waals surface area contributed by atoms with Gasteiger partial charge in [0.1, 0.15) is 11.6 Å². The number of Topliss-reactive ketones (excluding diaryl/α,β-unsaturated/α-hetero) is 3. The predicted octanol–water partition coefficient (Wildman–Crippen LogP) is 7.66. The van der Waals surface area contributed by atoms with Crippen LogP contribution in [0.3, 0.4) is 0 Å². The van der Waals surface area contributed by atoms with Gasteiger partial charge in [-0.1, -0.05) is 63.9 Å². The van der Waals surface area contributed by atoms with Gasteiger partial charge in [-0.2, -0.15) is 0 Å². The van der Waals surface area contributed by atoms with E-state index in [1.54, 1.807) is 0 Å². The van der Waals surface area contributed by atoms with E-state index in [9.17, 15) is 14.4 Å². The van der Waals surface area contributed by atoms with E-state index in [0.717, 1.165) is 49.7 Å². The fraction of sp³-hybridized carbons (Fsp3) is 0.531. The van der Waals surface area contributed by atoms with Gasteiger partial charge in [-0.05, 0) is 91.7 Å². The average Bonchev–Trinajstić information content (AvgIpc) is 2.79. The molecule has 0 aromatic heterocycles. The maximum absolute atomic E-state index is 13.4. The van der Waals surface area contributed by atoms with Crippen LogP contribution in [-0.4, -0.2) is 17.3 Å². The van der Waals surface area contributed by atoms with Crippen molar-refractivity contribution in [2.45, 2.75) is 92.9 Å². The number of fused-ring (bicyclic) bond motifs is 1. The van der Waals surface area contributed by atoms with Crippen molar-refractivity contribution in [3.05, 3.63) is 58.1 Å². The van der Waals surface area contributed by atoms with Crippen LogP contribution < -0.4 is 0 Å². The van der Waals surface area contributed by atoms with Crippen LogP contribution in [-0.2, 0) is 22.4 Å². The Morgan fingerprint density at radius 1 is 1.00 bits per heavy atom. The van der Waals surface area contributed by atoms with Gasteiger partial charge in [0.05, 0.1) is 6.42 Å². The Balaban J connectivity index is 1.94. The average molecular weight is 475 g/mol. The molecule has 0 N–H and O–H groups in total. The van der Waals surface area contributed by atoms with Crippen molar-refractivity contribution in [2.75, 3.05) is 0 Å². The van der Waals surface area contributed by atoms with Crippen LogP contribution in [0, 0.1) is 31.6 Å². The van der Waals surface area contributed by atoms with Crippen molar-refractivity contribution in [2.24, 2.45) is 17.8 Å². The van der Waals surface area contributed by atoms with Crippen molar-refractivity contribution >= 4 is 17.3 Å². The van der Waals surface area contributed by atoms with Crippen LogP contribution >= 0.6 is 0 Å². The minimum atomic E-state index is -0.100. The van der Waals surface area contributed by atoms with Gasteiger partial charge >= 0.3 is 0 Å². The fourth-order valence-electron chi connectivity index (χ4n) is 6.27. The molecular weight excluding hydrogens is 432 g/mol. The minimum Gasteiger partial charge on any atom is -0.300 e. The molecule has 0 saturated carbocycles. The first-order chi connectivity index (χ1) is 16.7. The highest BCUT2D eigenvalue weighted by molar-refractivity contribution is 6.02. The summed E-state index contributed by atoms with van der Waals surface area (Å²) < 4.78 is 0. The normalized spacial score (nSPS) is 17.1. The van der Waals surface area contributed by atoms with E-state index in [1.807, 2.05) is 6.92 Å². The molecule has 0 aliphatic heterocycles. The zero-order valence-electron chi connectivity index (χ0n) is 22.5. The second-order valence-corrected chi connectivity index (χ2v) is 10.6. The first-order valence-corrected chi connectivity index (χ1v) is 13.5. The van der Waals surface area contributed by atoms with Crippen LogP contribution in [0.25, 0.3) is 11.1 Å². The van der Waals surface area contributed by atoms with Gasteiger partial charge in [0.2, 0.25) is 0 Å². The molecule has 0 radical (unpaired) electrons. The van der Waals surface area contributed by atoms with Crippen molar-refractivity contribution in [3.63, 3.8) is 0 Å². The number of carbonyl (C=O) groups excluding carboxylic acids is 3. The lowest BCUT2D eigenvalue weighted by Gasteiger charge is -2.32. The molecule has 0 heterocycles. The molecule has 2 aromatic carbocycles. The summed E-state index contributed by atoms with van der Waals surface area (Å²) >= 11 is 0. The zero-order chi connectivity index (χ0) is 25.7. The molecule has 188 valence electrons. The Labute approximate surface area is 211 Å². The second-order valence-electron chi connectivity index (χ2n) is 10.6. The summed E-state index contributed by atoms with van der Waals surface area (Å²) in [5.41, 5.74) is 8.12. The number of hydrogen-bond acceptors (Lipinski definition) is 3. The van der Waals surface area contributed by atoms with E-state index in [-0.39, 0.29) is 41.5 Å². The third-order valence-electron chi connectivity index (χ3n) is 7.94. The number of carbonyl (C=O) groups is 3. The first kappa shape index (κ1) is 27.0. The highest BCUT2D eigenvalue weighted by Gasteiger charge is 2.34. The smallest absolute Gasteiger partial charge is 0.163 e. The summed E-state index contributed by atoms with van der Waals surface area (Å²) in [4.78, 5) is 37.9. The Morgan fingerprint density at radius 2 is 1.74 bits per heavy atom. The molecule has 35 heavy (non-hydrogen) atoms. The third kappa shape index (κ3) is 6.18. The minimum absolute atomic E-state index is 0.0294. The van der Waals surface area contributed by atoms with E-state index >= 15 is 0 Å². The molecule has 3 atom stereocenters. The van der Waals surface area contributed by atoms with Gasteiger partial charge in [0, 0.05) is 17.9 Å². The Morgan fingerprint density at radius 3 is 2.34 bits per heavy atom. The lowest BCUT2D eigenvalue weighted by atomic mass is 9.71. The molecule has 0 fully saturated rings. The molecular formula is C32H42O3. The van der Waals surface area contributed by atoms with Crippen molar-refractivity contribution < 1.29 is 14.4 Å². The van der Waals surface area contributed by atoms with Gasteiger partial charge in [0.25, 0.3) is 0 Å². The van der Waals surface area contributed by atoms with Gasteiger partial charge in [-0.3, -0.25) is 14.4 Å². The quantitative estimate of drug-likeness (QED) is 0.314. The SMILES string of the molecule is CCCC(CC1CC(=O)c2c(C)ccc(-c3ccc(CC)c(C)c3)c2C1)C(CC)C(=O)CC(C)=O. The van der Waals surface area contributed by atoms with E-state index in [1.165, 1.54) is 34.7 Å². The Kier molecular flexibility index (Phi) is 9.21. The second kappa shape index (κ2) is 11.9. The summed E-state index contributed by atoms with van der Waals surface area (Å²) in [5, 5.41) is 0. The number of benzene rings is 2. The molecule has 3 nitrogen and oxygen atoms in total. The molecule has 0 saturated heterocycles. The molecule has 3 unspecified atom stereocenters. The van der Waals surface area contributed by atoms with E-state index in [0.29, 0.717) is 6.42 Å². The maximum Gasteiger partial charge on any atom is 0.163 e. The van der Waals surface area contributed by atoms with Crippen LogP contribution in [0.2, 0.25) is 0 Å². The van der Waals surface area contributed by atoms with Crippen LogP contribution in [0.15, 0.2) is 30.3 Å². The zero-order valence-corrected chi connectivity index (χ0v) is 22.5. The summed E-state index contributed by atoms with van der Waals surface area (Å²) in [7, 11) is 0. The van der Waals surface area contributed by atoms with Crippen LogP contribution in [0.4, 0.5) is 0 Å². The Bertz CT molecular complexity index is 1090. The van der Waals surface area contributed by atoms with Gasteiger partial charge in [-0.25, -0.2) is 0 Å². The highest BCUT2D eigenvalue weighted by Crippen LogP contribution is 2.40. The van der Waals surface area contributed by atoms with Crippen LogP contribution in [0.5, 0.6) is 0 Å². The predicted molar refractivity (Wildman–Crippen MR) is 144 cm³/mol. The van der Waals surface area contributed by atoms with E-state index < -0.39 is 0 Å². The van der Waals surface area contributed by atoms with Gasteiger partial charge < -0.3 is 0 Å². The maximum atomic E-state index is 13.4. The molecule has 0 spiro atoms. The lowest BCUT2D eigenvalue weighted by Crippen LogP contribution is -2.30. The van der Waals surface area contributed by atoms with Crippen molar-refractivity contribution in [3.8, 4) is 11.1 Å². The number of hydrogen-bond donors (Lipinski definition) is 0. The van der Waals surface area contributed by atoms with Gasteiger partial charge in [0.15, 0.2) is 5.78 Å². The summed E-state index contributed by atoms with van der Waals surface area (Å²) in [5.74, 6) is 0.587. The standard InChI is InChI=1S/C32H42O3/c1-7-10-25(27(9-3)30(34)16-22(6)33)17-23-18-29-28(14-11-20(4)32(29)31(35)19-23)26-13-12-24(8-2)21(5)15-26/h11-15,23,25,27H,7-10,16-19H2,1-6H3. The lowest BCUT2D eigenvalue weighted by molar-refractivity contribution is -0.129. The molecule has 3 rings (SSSR count). The summed E-state index contributed by atoms with van der Waals surface area (Å²) in [6.07, 6.45) is 6.02. The van der Waals surface area contributed by atoms with Crippen molar-refractivity contribution in [1.82, 2.24) is 0 Å². The van der Waals surface area contributed by atoms with Gasteiger partial charge in [-0.15, -0.1) is 0 Å². The first-order valence-electron chi connectivity index (χ1n) is 13.5. The molecule has 1 aliphatic carbocycles. The summed E-state index contributed by atoms with van der Waals surface area (Å²) in [6.45, 7) is 12.1. The molecule has 2 aromatic rings. The number of aryl methyl sites for hydroxylation is 3. The molecule has 0 amide bonds. The molecule has 0 bridgehead atoms. The molecule has 3 heteroatoms. The fourth-order valence-corrected chi connectivity index (χ4v) is 6.27.